The predicted molar refractivity (Wildman–Crippen MR) is 126 cm³/mol. The van der Waals surface area contributed by atoms with Crippen molar-refractivity contribution in [2.45, 2.75) is 46.5 Å². The topological polar surface area (TPSA) is 15.3 Å². The van der Waals surface area contributed by atoms with Crippen LogP contribution in [0.1, 0.15) is 48.9 Å². The average molecular weight is 389 g/mol. The lowest BCUT2D eigenvalue weighted by atomic mass is 9.95. The molecule has 0 spiro atoms. The molecule has 3 rings (SSSR count). The van der Waals surface area contributed by atoms with Crippen LogP contribution >= 0.6 is 0 Å². The molecule has 0 amide bonds. The average Bonchev–Trinajstić information content (AvgIpc) is 2.77. The number of rotatable bonds is 8. The Morgan fingerprint density at radius 3 is 2.45 bits per heavy atom. The van der Waals surface area contributed by atoms with E-state index in [1.54, 1.807) is 0 Å². The van der Waals surface area contributed by atoms with Gasteiger partial charge < -0.3 is 10.2 Å². The molecule has 1 saturated heterocycles. The Labute approximate surface area is 177 Å². The summed E-state index contributed by atoms with van der Waals surface area (Å²) in [5.41, 5.74) is 7.89. The number of nitrogens with one attached hydrogen (secondary N) is 1. The van der Waals surface area contributed by atoms with E-state index in [-0.39, 0.29) is 0 Å². The molecule has 2 aromatic carbocycles. The van der Waals surface area contributed by atoms with E-state index in [1.165, 1.54) is 46.5 Å². The van der Waals surface area contributed by atoms with Gasteiger partial charge in [0.15, 0.2) is 0 Å². The van der Waals surface area contributed by atoms with Crippen molar-refractivity contribution in [1.29, 1.82) is 0 Å². The quantitative estimate of drug-likeness (QED) is 0.599. The molecule has 0 aromatic heterocycles. The molecule has 1 fully saturated rings. The van der Waals surface area contributed by atoms with Crippen LogP contribution in [0.25, 0.3) is 5.70 Å². The summed E-state index contributed by atoms with van der Waals surface area (Å²) in [4.78, 5) is 2.46. The second-order valence-corrected chi connectivity index (χ2v) is 8.33. The maximum atomic E-state index is 4.36. The van der Waals surface area contributed by atoms with Crippen LogP contribution in [0, 0.1) is 12.8 Å². The predicted octanol–water partition coefficient (Wildman–Crippen LogP) is 5.98. The smallest absolute Gasteiger partial charge is 0.0366 e. The third-order valence-corrected chi connectivity index (χ3v) is 6.25. The zero-order valence-corrected chi connectivity index (χ0v) is 18.4. The highest BCUT2D eigenvalue weighted by Gasteiger charge is 2.20. The van der Waals surface area contributed by atoms with Crippen LogP contribution in [0.15, 0.2) is 66.9 Å². The zero-order valence-electron chi connectivity index (χ0n) is 18.4. The van der Waals surface area contributed by atoms with Gasteiger partial charge in [-0.15, -0.1) is 0 Å². The third-order valence-electron chi connectivity index (χ3n) is 6.25. The lowest BCUT2D eigenvalue weighted by Gasteiger charge is -2.35. The fourth-order valence-electron chi connectivity index (χ4n) is 4.00. The minimum Gasteiger partial charge on any atom is -0.389 e. The normalized spacial score (nSPS) is 15.4. The molecule has 1 heterocycles. The molecule has 2 nitrogen and oxygen atoms in total. The highest BCUT2D eigenvalue weighted by molar-refractivity contribution is 5.62. The lowest BCUT2D eigenvalue weighted by Crippen LogP contribution is -2.35. The Bertz CT molecular complexity index is 824. The Morgan fingerprint density at radius 2 is 1.79 bits per heavy atom. The van der Waals surface area contributed by atoms with Crippen molar-refractivity contribution in [1.82, 2.24) is 10.2 Å². The second-order valence-electron chi connectivity index (χ2n) is 8.33. The molecule has 0 atom stereocenters. The summed E-state index contributed by atoms with van der Waals surface area (Å²) in [7, 11) is 0. The molecule has 0 unspecified atom stereocenters. The van der Waals surface area contributed by atoms with Crippen LogP contribution in [0.2, 0.25) is 0 Å². The van der Waals surface area contributed by atoms with Gasteiger partial charge in [0, 0.05) is 31.0 Å². The molecule has 0 saturated carbocycles. The maximum Gasteiger partial charge on any atom is 0.0366 e. The van der Waals surface area contributed by atoms with Gasteiger partial charge in [-0.1, -0.05) is 68.1 Å². The zero-order chi connectivity index (χ0) is 20.6. The first-order valence-electron chi connectivity index (χ1n) is 11.0. The first-order chi connectivity index (χ1) is 14.1. The summed E-state index contributed by atoms with van der Waals surface area (Å²) < 4.78 is 0. The molecule has 0 bridgehead atoms. The van der Waals surface area contributed by atoms with Crippen LogP contribution in [0.3, 0.4) is 0 Å². The number of aryl methyl sites for hydroxylation is 2. The molecule has 154 valence electrons. The van der Waals surface area contributed by atoms with Gasteiger partial charge >= 0.3 is 0 Å². The van der Waals surface area contributed by atoms with E-state index < -0.39 is 0 Å². The summed E-state index contributed by atoms with van der Waals surface area (Å²) in [6.07, 6.45) is 6.86. The second kappa shape index (κ2) is 10.3. The van der Waals surface area contributed by atoms with Crippen LogP contribution in [0.4, 0.5) is 0 Å². The number of allylic oxidation sites excluding steroid dienone is 2. The summed E-state index contributed by atoms with van der Waals surface area (Å²) in [6, 6.07) is 17.5. The molecule has 1 aliphatic heterocycles. The Morgan fingerprint density at radius 1 is 1.10 bits per heavy atom. The van der Waals surface area contributed by atoms with E-state index in [0.717, 1.165) is 38.4 Å². The summed E-state index contributed by atoms with van der Waals surface area (Å²) in [5.74, 6) is 0.739. The van der Waals surface area contributed by atoms with Crippen LogP contribution in [-0.4, -0.2) is 24.5 Å². The number of hydrogen-bond donors (Lipinski definition) is 1. The maximum absolute atomic E-state index is 4.36. The van der Waals surface area contributed by atoms with Gasteiger partial charge in [-0.05, 0) is 67.7 Å². The van der Waals surface area contributed by atoms with Crippen molar-refractivity contribution in [3.05, 3.63) is 89.1 Å². The minimum absolute atomic E-state index is 0.739. The minimum atomic E-state index is 0.739. The molecule has 1 N–H and O–H groups in total. The first-order valence-corrected chi connectivity index (χ1v) is 11.0. The van der Waals surface area contributed by atoms with Crippen LogP contribution in [0.5, 0.6) is 0 Å². The number of benzene rings is 2. The fourth-order valence-corrected chi connectivity index (χ4v) is 4.00. The molecular weight excluding hydrogens is 352 g/mol. The monoisotopic (exact) mass is 388 g/mol. The van der Waals surface area contributed by atoms with Gasteiger partial charge in [0.2, 0.25) is 0 Å². The molecule has 1 aliphatic rings. The molecule has 0 radical (unpaired) electrons. The van der Waals surface area contributed by atoms with Gasteiger partial charge in [0.25, 0.3) is 0 Å². The molecule has 0 aliphatic carbocycles. The van der Waals surface area contributed by atoms with Gasteiger partial charge in [-0.25, -0.2) is 0 Å². The standard InChI is InChI=1S/C27H36N2/c1-5-24-11-14-27(15-12-24)23(4)29-18-16-25(17-19-29)20-28-22(3)10-13-26-9-7-6-8-21(26)2/h6-12,14-15,25,28H,4-5,13,16-20H2,1-3H3/b22-10+. The lowest BCUT2D eigenvalue weighted by molar-refractivity contribution is 0.253. The van der Waals surface area contributed by atoms with E-state index in [9.17, 15) is 0 Å². The SMILES string of the molecule is C=C(c1ccc(CC)cc1)N1CCC(CN/C(C)=C/Cc2ccccc2C)CC1. The Balaban J connectivity index is 1.42. The molecular formula is C27H36N2. The van der Waals surface area contributed by atoms with Gasteiger partial charge in [0.1, 0.15) is 0 Å². The van der Waals surface area contributed by atoms with Crippen LogP contribution in [-0.2, 0) is 12.8 Å². The van der Waals surface area contributed by atoms with E-state index in [2.05, 4.69) is 92.2 Å². The van der Waals surface area contributed by atoms with Crippen molar-refractivity contribution >= 4 is 5.70 Å². The van der Waals surface area contributed by atoms with Crippen molar-refractivity contribution in [3.8, 4) is 0 Å². The first kappa shape index (κ1) is 21.2. The molecule has 29 heavy (non-hydrogen) atoms. The molecule has 2 aromatic rings. The van der Waals surface area contributed by atoms with E-state index >= 15 is 0 Å². The summed E-state index contributed by atoms with van der Waals surface area (Å²) >= 11 is 0. The van der Waals surface area contributed by atoms with Crippen LogP contribution < -0.4 is 5.32 Å². The van der Waals surface area contributed by atoms with Crippen molar-refractivity contribution < 1.29 is 0 Å². The van der Waals surface area contributed by atoms with Crippen molar-refractivity contribution in [3.63, 3.8) is 0 Å². The third kappa shape index (κ3) is 6.00. The fraction of sp³-hybridized carbons (Fsp3) is 0.407. The van der Waals surface area contributed by atoms with Gasteiger partial charge in [-0.3, -0.25) is 0 Å². The number of nitrogens with zero attached hydrogens (tertiary/aromatic N) is 1. The van der Waals surface area contributed by atoms with Crippen molar-refractivity contribution in [2.24, 2.45) is 5.92 Å². The Kier molecular flexibility index (Phi) is 7.57. The number of piperidine rings is 1. The Hall–Kier alpha value is -2.48. The molecule has 2 heteroatoms. The van der Waals surface area contributed by atoms with Crippen molar-refractivity contribution in [2.75, 3.05) is 19.6 Å². The van der Waals surface area contributed by atoms with E-state index in [1.807, 2.05) is 0 Å². The number of hydrogen-bond acceptors (Lipinski definition) is 2. The number of likely N-dealkylation sites (tertiary alicyclic amines) is 1. The van der Waals surface area contributed by atoms with Gasteiger partial charge in [0.05, 0.1) is 0 Å². The highest BCUT2D eigenvalue weighted by atomic mass is 15.1. The van der Waals surface area contributed by atoms with E-state index in [0.29, 0.717) is 0 Å². The summed E-state index contributed by atoms with van der Waals surface area (Å²) in [5, 5.41) is 3.65. The van der Waals surface area contributed by atoms with E-state index in [4.69, 9.17) is 0 Å². The largest absolute Gasteiger partial charge is 0.389 e. The van der Waals surface area contributed by atoms with Gasteiger partial charge in [-0.2, -0.15) is 0 Å². The highest BCUT2D eigenvalue weighted by Crippen LogP contribution is 2.25. The summed E-state index contributed by atoms with van der Waals surface area (Å²) in [6.45, 7) is 14.2.